The van der Waals surface area contributed by atoms with Gasteiger partial charge in [-0.05, 0) is 67.8 Å². The first-order chi connectivity index (χ1) is 14.4. The number of carbonyl (C=O) groups excluding carboxylic acids is 2. The molecule has 6 heteroatoms. The maximum Gasteiger partial charge on any atom is 0.254 e. The number of aromatic hydroxyl groups is 1. The fraction of sp³-hybridized carbons (Fsp3) is 0.417. The van der Waals surface area contributed by atoms with Crippen LogP contribution in [0.4, 0.5) is 0 Å². The zero-order chi connectivity index (χ0) is 21.3. The number of amides is 2. The Balaban J connectivity index is 1.42. The van der Waals surface area contributed by atoms with Crippen molar-refractivity contribution in [2.24, 2.45) is 0 Å². The third-order valence-electron chi connectivity index (χ3n) is 6.20. The molecule has 0 bridgehead atoms. The van der Waals surface area contributed by atoms with Crippen molar-refractivity contribution in [2.75, 3.05) is 32.7 Å². The number of hydrogen-bond acceptors (Lipinski definition) is 4. The number of fused-ring (bicyclic) bond motifs is 1. The minimum absolute atomic E-state index is 0.0381. The first-order valence-corrected chi connectivity index (χ1v) is 10.7. The van der Waals surface area contributed by atoms with E-state index >= 15 is 0 Å². The van der Waals surface area contributed by atoms with Crippen LogP contribution in [0.3, 0.4) is 0 Å². The molecule has 0 radical (unpaired) electrons. The molecular weight excluding hydrogens is 378 g/mol. The normalized spacial score (nSPS) is 17.2. The summed E-state index contributed by atoms with van der Waals surface area (Å²) >= 11 is 0. The molecule has 158 valence electrons. The predicted molar refractivity (Wildman–Crippen MR) is 116 cm³/mol. The second kappa shape index (κ2) is 8.48. The molecule has 0 atom stereocenters. The number of rotatable bonds is 3. The average Bonchev–Trinajstić information content (AvgIpc) is 2.78. The third-order valence-corrected chi connectivity index (χ3v) is 6.20. The predicted octanol–water partition coefficient (Wildman–Crippen LogP) is 2.76. The molecule has 1 fully saturated rings. The molecule has 0 aliphatic carbocycles. The summed E-state index contributed by atoms with van der Waals surface area (Å²) in [5.74, 6) is 0.214. The van der Waals surface area contributed by atoms with Gasteiger partial charge in [-0.2, -0.15) is 0 Å². The SMILES string of the molecule is CC(C)N1CCN(C(=O)c2ccc3c(c2)CCN(C(=O)c2ccc(O)cc2)C3)CC1. The summed E-state index contributed by atoms with van der Waals surface area (Å²) in [6.07, 6.45) is 0.738. The van der Waals surface area contributed by atoms with Crippen LogP contribution in [-0.2, 0) is 13.0 Å². The summed E-state index contributed by atoms with van der Waals surface area (Å²) in [6.45, 7) is 8.92. The topological polar surface area (TPSA) is 64.1 Å². The van der Waals surface area contributed by atoms with Gasteiger partial charge in [0.2, 0.25) is 0 Å². The van der Waals surface area contributed by atoms with Crippen LogP contribution in [-0.4, -0.2) is 70.4 Å². The molecular formula is C24H29N3O3. The van der Waals surface area contributed by atoms with Gasteiger partial charge in [0.05, 0.1) is 0 Å². The highest BCUT2D eigenvalue weighted by atomic mass is 16.3. The van der Waals surface area contributed by atoms with Gasteiger partial charge in [-0.1, -0.05) is 6.07 Å². The van der Waals surface area contributed by atoms with Gasteiger partial charge < -0.3 is 14.9 Å². The number of piperazine rings is 1. The highest BCUT2D eigenvalue weighted by Gasteiger charge is 2.26. The van der Waals surface area contributed by atoms with Crippen molar-refractivity contribution in [1.82, 2.24) is 14.7 Å². The van der Waals surface area contributed by atoms with Gasteiger partial charge >= 0.3 is 0 Å². The highest BCUT2D eigenvalue weighted by molar-refractivity contribution is 5.95. The molecule has 2 amide bonds. The van der Waals surface area contributed by atoms with Gasteiger partial charge in [0.15, 0.2) is 0 Å². The summed E-state index contributed by atoms with van der Waals surface area (Å²) < 4.78 is 0. The Morgan fingerprint density at radius 2 is 1.43 bits per heavy atom. The van der Waals surface area contributed by atoms with Crippen LogP contribution in [0, 0.1) is 0 Å². The number of phenols is 1. The minimum atomic E-state index is -0.0381. The van der Waals surface area contributed by atoms with Crippen LogP contribution in [0.5, 0.6) is 5.75 Å². The minimum Gasteiger partial charge on any atom is -0.508 e. The molecule has 2 aromatic carbocycles. The van der Waals surface area contributed by atoms with E-state index in [2.05, 4.69) is 18.7 Å². The van der Waals surface area contributed by atoms with Crippen LogP contribution < -0.4 is 0 Å². The third kappa shape index (κ3) is 4.19. The Bertz CT molecular complexity index is 931. The van der Waals surface area contributed by atoms with Crippen molar-refractivity contribution in [3.63, 3.8) is 0 Å². The molecule has 4 rings (SSSR count). The maximum absolute atomic E-state index is 13.0. The molecule has 2 aliphatic rings. The fourth-order valence-corrected chi connectivity index (χ4v) is 4.27. The van der Waals surface area contributed by atoms with Crippen molar-refractivity contribution in [1.29, 1.82) is 0 Å². The van der Waals surface area contributed by atoms with E-state index in [1.807, 2.05) is 28.0 Å². The lowest BCUT2D eigenvalue weighted by molar-refractivity contribution is 0.0594. The van der Waals surface area contributed by atoms with Gasteiger partial charge in [-0.15, -0.1) is 0 Å². The number of hydrogen-bond donors (Lipinski definition) is 1. The van der Waals surface area contributed by atoms with Crippen LogP contribution >= 0.6 is 0 Å². The van der Waals surface area contributed by atoms with E-state index in [0.717, 1.165) is 49.3 Å². The van der Waals surface area contributed by atoms with E-state index in [1.54, 1.807) is 12.1 Å². The molecule has 0 unspecified atom stereocenters. The van der Waals surface area contributed by atoms with E-state index in [0.29, 0.717) is 24.7 Å². The second-order valence-electron chi connectivity index (χ2n) is 8.43. The zero-order valence-electron chi connectivity index (χ0n) is 17.7. The number of carbonyl (C=O) groups is 2. The summed E-state index contributed by atoms with van der Waals surface area (Å²) in [4.78, 5) is 31.9. The molecule has 0 saturated carbocycles. The molecule has 1 N–H and O–H groups in total. The van der Waals surface area contributed by atoms with Gasteiger partial charge in [-0.25, -0.2) is 0 Å². The van der Waals surface area contributed by atoms with E-state index < -0.39 is 0 Å². The van der Waals surface area contributed by atoms with Crippen molar-refractivity contribution in [2.45, 2.75) is 32.9 Å². The Morgan fingerprint density at radius 1 is 0.800 bits per heavy atom. The Morgan fingerprint density at radius 3 is 2.10 bits per heavy atom. The Labute approximate surface area is 177 Å². The summed E-state index contributed by atoms with van der Waals surface area (Å²) in [6, 6.07) is 12.8. The summed E-state index contributed by atoms with van der Waals surface area (Å²) in [5, 5.41) is 9.42. The molecule has 1 saturated heterocycles. The molecule has 2 heterocycles. The molecule has 6 nitrogen and oxygen atoms in total. The standard InChI is InChI=1S/C24H29N3O3/c1-17(2)25-11-13-26(14-12-25)24(30)20-3-4-21-16-27(10-9-19(21)15-20)23(29)18-5-7-22(28)8-6-18/h3-8,15,17,28H,9-14,16H2,1-2H3. The lowest BCUT2D eigenvalue weighted by atomic mass is 9.96. The van der Waals surface area contributed by atoms with E-state index in [4.69, 9.17) is 0 Å². The molecule has 2 aliphatic heterocycles. The van der Waals surface area contributed by atoms with Crippen molar-refractivity contribution >= 4 is 11.8 Å². The zero-order valence-corrected chi connectivity index (χ0v) is 17.7. The number of benzene rings is 2. The smallest absolute Gasteiger partial charge is 0.254 e. The van der Waals surface area contributed by atoms with Crippen molar-refractivity contribution in [3.8, 4) is 5.75 Å². The average molecular weight is 408 g/mol. The van der Waals surface area contributed by atoms with E-state index in [9.17, 15) is 14.7 Å². The van der Waals surface area contributed by atoms with Gasteiger partial charge in [0.25, 0.3) is 11.8 Å². The number of phenolic OH excluding ortho intramolecular Hbond substituents is 1. The van der Waals surface area contributed by atoms with Crippen molar-refractivity contribution in [3.05, 3.63) is 64.7 Å². The second-order valence-corrected chi connectivity index (χ2v) is 8.43. The van der Waals surface area contributed by atoms with Gasteiger partial charge in [0, 0.05) is 56.4 Å². The Kier molecular flexibility index (Phi) is 5.77. The van der Waals surface area contributed by atoms with Gasteiger partial charge in [-0.3, -0.25) is 14.5 Å². The lowest BCUT2D eigenvalue weighted by Crippen LogP contribution is -2.50. The molecule has 30 heavy (non-hydrogen) atoms. The Hall–Kier alpha value is -2.86. The first kappa shape index (κ1) is 20.4. The summed E-state index contributed by atoms with van der Waals surface area (Å²) in [5.41, 5.74) is 3.56. The van der Waals surface area contributed by atoms with E-state index in [-0.39, 0.29) is 17.6 Å². The fourth-order valence-electron chi connectivity index (χ4n) is 4.27. The largest absolute Gasteiger partial charge is 0.508 e. The van der Waals surface area contributed by atoms with Crippen LogP contribution in [0.15, 0.2) is 42.5 Å². The molecule has 2 aromatic rings. The molecule has 0 spiro atoms. The summed E-state index contributed by atoms with van der Waals surface area (Å²) in [7, 11) is 0. The molecule has 0 aromatic heterocycles. The van der Waals surface area contributed by atoms with Crippen molar-refractivity contribution < 1.29 is 14.7 Å². The van der Waals surface area contributed by atoms with Gasteiger partial charge in [0.1, 0.15) is 5.75 Å². The van der Waals surface area contributed by atoms with E-state index in [1.165, 1.54) is 12.1 Å². The monoisotopic (exact) mass is 407 g/mol. The quantitative estimate of drug-likeness (QED) is 0.850. The van der Waals surface area contributed by atoms with Crippen LogP contribution in [0.25, 0.3) is 0 Å². The lowest BCUT2D eigenvalue weighted by Gasteiger charge is -2.37. The first-order valence-electron chi connectivity index (χ1n) is 10.7. The highest BCUT2D eigenvalue weighted by Crippen LogP contribution is 2.23. The van der Waals surface area contributed by atoms with Crippen LogP contribution in [0.2, 0.25) is 0 Å². The number of nitrogens with zero attached hydrogens (tertiary/aromatic N) is 3. The maximum atomic E-state index is 13.0. The van der Waals surface area contributed by atoms with Crippen LogP contribution in [0.1, 0.15) is 45.7 Å².